The molecule has 0 aliphatic carbocycles. The molecule has 1 saturated heterocycles. The molecule has 5 nitrogen and oxygen atoms in total. The van der Waals surface area contributed by atoms with E-state index in [2.05, 4.69) is 0 Å². The van der Waals surface area contributed by atoms with Gasteiger partial charge in [0, 0.05) is 23.1 Å². The average molecular weight is 354 g/mol. The molecule has 0 unspecified atom stereocenters. The van der Waals surface area contributed by atoms with Crippen LogP contribution in [0.25, 0.3) is 10.6 Å². The molecule has 1 aliphatic rings. The molecule has 0 bridgehead atoms. The number of hydrogen-bond acceptors (Lipinski definition) is 5. The van der Waals surface area contributed by atoms with Gasteiger partial charge in [0.2, 0.25) is 0 Å². The predicted molar refractivity (Wildman–Crippen MR) is 95.6 cm³/mol. The van der Waals surface area contributed by atoms with Gasteiger partial charge >= 0.3 is 0 Å². The number of nitrogens with zero attached hydrogens (tertiary/aromatic N) is 2. The number of aromatic nitrogens is 1. The summed E-state index contributed by atoms with van der Waals surface area (Å²) >= 11 is 1.58. The summed E-state index contributed by atoms with van der Waals surface area (Å²) in [7, 11) is 0. The topological polar surface area (TPSA) is 55.6 Å². The van der Waals surface area contributed by atoms with E-state index in [0.717, 1.165) is 21.8 Å². The lowest BCUT2D eigenvalue weighted by Gasteiger charge is -2.34. The van der Waals surface area contributed by atoms with Gasteiger partial charge in [-0.3, -0.25) is 4.79 Å². The van der Waals surface area contributed by atoms with Gasteiger partial charge in [0.25, 0.3) is 5.91 Å². The van der Waals surface area contributed by atoms with Crippen LogP contribution in [-0.2, 0) is 4.74 Å². The average Bonchev–Trinajstić information content (AvgIpc) is 3.31. The first-order valence-electron chi connectivity index (χ1n) is 8.17. The van der Waals surface area contributed by atoms with Crippen molar-refractivity contribution in [3.05, 3.63) is 65.1 Å². The van der Waals surface area contributed by atoms with Crippen molar-refractivity contribution in [2.24, 2.45) is 0 Å². The first kappa shape index (κ1) is 16.1. The van der Waals surface area contributed by atoms with Crippen LogP contribution >= 0.6 is 11.3 Å². The number of thiazole rings is 1. The molecule has 3 heterocycles. The highest BCUT2D eigenvalue weighted by Gasteiger charge is 2.33. The SMILES string of the molecule is Cc1ccoc1C(=O)N1CCOC[C@@H]1c1csc(-c2ccccc2)n1. The maximum absolute atomic E-state index is 12.9. The number of morpholine rings is 1. The molecule has 1 amide bonds. The van der Waals surface area contributed by atoms with E-state index in [-0.39, 0.29) is 11.9 Å². The fourth-order valence-electron chi connectivity index (χ4n) is 2.97. The third kappa shape index (κ3) is 3.10. The molecule has 0 spiro atoms. The highest BCUT2D eigenvalue weighted by atomic mass is 32.1. The number of hydrogen-bond donors (Lipinski definition) is 0. The zero-order valence-corrected chi connectivity index (χ0v) is 14.7. The van der Waals surface area contributed by atoms with Gasteiger partial charge in [0.15, 0.2) is 5.76 Å². The first-order valence-corrected chi connectivity index (χ1v) is 9.05. The van der Waals surface area contributed by atoms with E-state index in [1.54, 1.807) is 28.6 Å². The Kier molecular flexibility index (Phi) is 4.38. The van der Waals surface area contributed by atoms with Gasteiger partial charge in [0.1, 0.15) is 5.01 Å². The Balaban J connectivity index is 1.63. The van der Waals surface area contributed by atoms with Crippen molar-refractivity contribution in [1.82, 2.24) is 9.88 Å². The van der Waals surface area contributed by atoms with E-state index >= 15 is 0 Å². The van der Waals surface area contributed by atoms with Crippen molar-refractivity contribution in [1.29, 1.82) is 0 Å². The summed E-state index contributed by atoms with van der Waals surface area (Å²) in [4.78, 5) is 19.5. The number of furan rings is 1. The maximum atomic E-state index is 12.9. The second-order valence-corrected chi connectivity index (χ2v) is 6.82. The monoisotopic (exact) mass is 354 g/mol. The largest absolute Gasteiger partial charge is 0.459 e. The van der Waals surface area contributed by atoms with Crippen molar-refractivity contribution in [3.63, 3.8) is 0 Å². The fourth-order valence-corrected chi connectivity index (χ4v) is 3.84. The highest BCUT2D eigenvalue weighted by Crippen LogP contribution is 2.31. The standard InChI is InChI=1S/C19H18N2O3S/c1-13-7-9-24-17(13)19(22)21-8-10-23-11-16(21)15-12-25-18(20-15)14-5-3-2-4-6-14/h2-7,9,12,16H,8,10-11H2,1H3/t16-/m1/s1. The van der Waals surface area contributed by atoms with Crippen LogP contribution in [0.4, 0.5) is 0 Å². The van der Waals surface area contributed by atoms with Crippen LogP contribution in [0.15, 0.2) is 52.5 Å². The molecule has 25 heavy (non-hydrogen) atoms. The Labute approximate surface area is 149 Å². The van der Waals surface area contributed by atoms with Crippen molar-refractivity contribution in [2.75, 3.05) is 19.8 Å². The Morgan fingerprint density at radius 3 is 2.88 bits per heavy atom. The second kappa shape index (κ2) is 6.82. The third-order valence-electron chi connectivity index (χ3n) is 4.33. The van der Waals surface area contributed by atoms with Gasteiger partial charge in [-0.25, -0.2) is 4.98 Å². The quantitative estimate of drug-likeness (QED) is 0.715. The van der Waals surface area contributed by atoms with Crippen LogP contribution in [0, 0.1) is 6.92 Å². The summed E-state index contributed by atoms with van der Waals surface area (Å²) in [6.07, 6.45) is 1.55. The van der Waals surface area contributed by atoms with Gasteiger partial charge in [0.05, 0.1) is 31.2 Å². The van der Waals surface area contributed by atoms with Gasteiger partial charge in [-0.15, -0.1) is 11.3 Å². The normalized spacial score (nSPS) is 17.6. The third-order valence-corrected chi connectivity index (χ3v) is 5.24. The molecule has 0 saturated carbocycles. The summed E-state index contributed by atoms with van der Waals surface area (Å²) in [6, 6.07) is 11.7. The first-order chi connectivity index (χ1) is 12.2. The molecule has 0 radical (unpaired) electrons. The van der Waals surface area contributed by atoms with Gasteiger partial charge < -0.3 is 14.1 Å². The summed E-state index contributed by atoms with van der Waals surface area (Å²) in [6.45, 7) is 3.38. The summed E-state index contributed by atoms with van der Waals surface area (Å²) in [5.74, 6) is 0.287. The van der Waals surface area contributed by atoms with Gasteiger partial charge in [-0.1, -0.05) is 30.3 Å². The van der Waals surface area contributed by atoms with Crippen LogP contribution < -0.4 is 0 Å². The van der Waals surface area contributed by atoms with E-state index in [0.29, 0.717) is 25.5 Å². The number of benzene rings is 1. The Morgan fingerprint density at radius 2 is 2.12 bits per heavy atom. The fraction of sp³-hybridized carbons (Fsp3) is 0.263. The molecule has 1 atom stereocenters. The molecule has 6 heteroatoms. The number of amides is 1. The number of carbonyl (C=O) groups excluding carboxylic acids is 1. The smallest absolute Gasteiger partial charge is 0.290 e. The molecular formula is C19H18N2O3S. The highest BCUT2D eigenvalue weighted by molar-refractivity contribution is 7.13. The van der Waals surface area contributed by atoms with Crippen LogP contribution in [0.5, 0.6) is 0 Å². The number of aryl methyl sites for hydroxylation is 1. The summed E-state index contributed by atoms with van der Waals surface area (Å²) in [5, 5.41) is 2.96. The zero-order valence-electron chi connectivity index (χ0n) is 13.8. The Morgan fingerprint density at radius 1 is 1.28 bits per heavy atom. The van der Waals surface area contributed by atoms with Crippen LogP contribution in [0.1, 0.15) is 27.9 Å². The molecule has 0 N–H and O–H groups in total. The predicted octanol–water partition coefficient (Wildman–Crippen LogP) is 3.93. The number of rotatable bonds is 3. The minimum atomic E-state index is -0.195. The van der Waals surface area contributed by atoms with E-state index in [1.807, 2.05) is 42.6 Å². The van der Waals surface area contributed by atoms with Crippen molar-refractivity contribution in [3.8, 4) is 10.6 Å². The minimum absolute atomic E-state index is 0.106. The van der Waals surface area contributed by atoms with E-state index in [9.17, 15) is 4.79 Å². The van der Waals surface area contributed by atoms with E-state index in [4.69, 9.17) is 14.1 Å². The molecule has 3 aromatic rings. The van der Waals surface area contributed by atoms with E-state index in [1.165, 1.54) is 0 Å². The molecule has 128 valence electrons. The van der Waals surface area contributed by atoms with Crippen molar-refractivity contribution >= 4 is 17.2 Å². The van der Waals surface area contributed by atoms with Gasteiger partial charge in [-0.2, -0.15) is 0 Å². The lowest BCUT2D eigenvalue weighted by molar-refractivity contribution is -0.00531. The molecule has 1 fully saturated rings. The van der Waals surface area contributed by atoms with Crippen LogP contribution in [0.3, 0.4) is 0 Å². The number of ether oxygens (including phenoxy) is 1. The second-order valence-electron chi connectivity index (χ2n) is 5.97. The summed E-state index contributed by atoms with van der Waals surface area (Å²) < 4.78 is 11.0. The molecule has 1 aromatic carbocycles. The van der Waals surface area contributed by atoms with Crippen molar-refractivity contribution < 1.29 is 13.9 Å². The molecule has 2 aromatic heterocycles. The van der Waals surface area contributed by atoms with E-state index < -0.39 is 0 Å². The Bertz CT molecular complexity index is 872. The Hall–Kier alpha value is -2.44. The lowest BCUT2D eigenvalue weighted by Crippen LogP contribution is -2.43. The molecule has 4 rings (SSSR count). The lowest BCUT2D eigenvalue weighted by atomic mass is 10.1. The molecule has 1 aliphatic heterocycles. The van der Waals surface area contributed by atoms with Crippen LogP contribution in [-0.4, -0.2) is 35.5 Å². The van der Waals surface area contributed by atoms with Crippen molar-refractivity contribution in [2.45, 2.75) is 13.0 Å². The molecular weight excluding hydrogens is 336 g/mol. The summed E-state index contributed by atoms with van der Waals surface area (Å²) in [5.41, 5.74) is 2.79. The van der Waals surface area contributed by atoms with Gasteiger partial charge in [-0.05, 0) is 13.0 Å². The van der Waals surface area contributed by atoms with Crippen LogP contribution in [0.2, 0.25) is 0 Å². The minimum Gasteiger partial charge on any atom is -0.459 e. The zero-order chi connectivity index (χ0) is 17.2. The maximum Gasteiger partial charge on any atom is 0.290 e. The number of carbonyl (C=O) groups is 1.